The van der Waals surface area contributed by atoms with Gasteiger partial charge in [-0.2, -0.15) is 0 Å². The van der Waals surface area contributed by atoms with Crippen LogP contribution < -0.4 is 10.6 Å². The molecule has 3 aromatic rings. The molecule has 0 aliphatic rings. The second kappa shape index (κ2) is 8.40. The molecule has 0 saturated carbocycles. The fraction of sp³-hybridized carbons (Fsp3) is 0.238. The van der Waals surface area contributed by atoms with Gasteiger partial charge >= 0.3 is 0 Å². The maximum absolute atomic E-state index is 12.6. The third-order valence-corrected chi connectivity index (χ3v) is 4.10. The van der Waals surface area contributed by atoms with Crippen molar-refractivity contribution in [2.75, 3.05) is 10.6 Å². The Morgan fingerprint density at radius 1 is 1.11 bits per heavy atom. The molecule has 0 fully saturated rings. The van der Waals surface area contributed by atoms with E-state index in [2.05, 4.69) is 39.4 Å². The first-order valence-corrected chi connectivity index (χ1v) is 8.91. The van der Waals surface area contributed by atoms with Crippen LogP contribution in [0.3, 0.4) is 0 Å². The summed E-state index contributed by atoms with van der Waals surface area (Å²) >= 11 is 0. The van der Waals surface area contributed by atoms with Gasteiger partial charge in [-0.3, -0.25) is 9.78 Å². The van der Waals surface area contributed by atoms with Crippen molar-refractivity contribution in [2.24, 2.45) is 0 Å². The number of benzene rings is 1. The summed E-state index contributed by atoms with van der Waals surface area (Å²) < 4.78 is 0. The molecule has 3 rings (SSSR count). The van der Waals surface area contributed by atoms with Crippen molar-refractivity contribution in [3.63, 3.8) is 0 Å². The van der Waals surface area contributed by atoms with Crippen LogP contribution in [0.25, 0.3) is 0 Å². The molecule has 0 radical (unpaired) electrons. The number of aryl methyl sites for hydroxylation is 1. The molecule has 0 bridgehead atoms. The predicted octanol–water partition coefficient (Wildman–Crippen LogP) is 4.17. The number of amides is 1. The summed E-state index contributed by atoms with van der Waals surface area (Å²) in [5.74, 6) is 0.606. The van der Waals surface area contributed by atoms with E-state index in [1.165, 1.54) is 5.56 Å². The lowest BCUT2D eigenvalue weighted by molar-refractivity contribution is 0.102. The largest absolute Gasteiger partial charge is 0.350 e. The second-order valence-electron chi connectivity index (χ2n) is 6.66. The van der Waals surface area contributed by atoms with E-state index >= 15 is 0 Å². The number of carbonyl (C=O) groups is 1. The van der Waals surface area contributed by atoms with E-state index in [1.807, 2.05) is 43.3 Å². The minimum Gasteiger partial charge on any atom is -0.350 e. The van der Waals surface area contributed by atoms with Crippen LogP contribution in [0.15, 0.2) is 54.9 Å². The number of rotatable bonds is 6. The molecule has 0 spiro atoms. The Morgan fingerprint density at radius 3 is 2.56 bits per heavy atom. The van der Waals surface area contributed by atoms with E-state index < -0.39 is 0 Å². The number of pyridine rings is 1. The average molecular weight is 361 g/mol. The number of nitrogens with zero attached hydrogens (tertiary/aromatic N) is 3. The number of hydrogen-bond acceptors (Lipinski definition) is 5. The smallest absolute Gasteiger partial charge is 0.274 e. The number of aromatic nitrogens is 3. The topological polar surface area (TPSA) is 79.8 Å². The van der Waals surface area contributed by atoms with Crippen LogP contribution in [-0.2, 0) is 6.54 Å². The molecule has 0 aliphatic carbocycles. The van der Waals surface area contributed by atoms with Gasteiger partial charge < -0.3 is 10.6 Å². The van der Waals surface area contributed by atoms with Gasteiger partial charge in [0, 0.05) is 30.3 Å². The minimum atomic E-state index is -0.262. The third-order valence-electron chi connectivity index (χ3n) is 4.10. The van der Waals surface area contributed by atoms with E-state index in [0.29, 0.717) is 24.1 Å². The minimum absolute atomic E-state index is 0.262. The maximum Gasteiger partial charge on any atom is 0.274 e. The molecule has 0 saturated heterocycles. The highest BCUT2D eigenvalue weighted by molar-refractivity contribution is 6.03. The molecule has 6 nitrogen and oxygen atoms in total. The summed E-state index contributed by atoms with van der Waals surface area (Å²) in [6, 6.07) is 13.4. The zero-order valence-corrected chi connectivity index (χ0v) is 15.7. The van der Waals surface area contributed by atoms with E-state index in [4.69, 9.17) is 0 Å². The van der Waals surface area contributed by atoms with Crippen LogP contribution in [0.5, 0.6) is 0 Å². The molecular formula is C21H23N5O. The number of carbonyl (C=O) groups excluding carboxylic acids is 1. The molecule has 0 aliphatic heterocycles. The monoisotopic (exact) mass is 361 g/mol. The Bertz CT molecular complexity index is 908. The van der Waals surface area contributed by atoms with Gasteiger partial charge in [0.2, 0.25) is 5.95 Å². The Kier molecular flexibility index (Phi) is 5.76. The number of hydrogen-bond donors (Lipinski definition) is 2. The molecule has 138 valence electrons. The lowest BCUT2D eigenvalue weighted by Crippen LogP contribution is -2.16. The summed E-state index contributed by atoms with van der Waals surface area (Å²) in [7, 11) is 0. The van der Waals surface area contributed by atoms with Crippen LogP contribution in [0.1, 0.15) is 47.1 Å². The van der Waals surface area contributed by atoms with Crippen molar-refractivity contribution in [2.45, 2.75) is 33.2 Å². The van der Waals surface area contributed by atoms with Crippen molar-refractivity contribution >= 4 is 17.5 Å². The summed E-state index contributed by atoms with van der Waals surface area (Å²) in [5, 5.41) is 6.02. The first-order chi connectivity index (χ1) is 13.0. The molecule has 0 unspecified atom stereocenters. The Balaban J connectivity index is 1.69. The second-order valence-corrected chi connectivity index (χ2v) is 6.66. The highest BCUT2D eigenvalue weighted by atomic mass is 16.1. The van der Waals surface area contributed by atoms with E-state index in [1.54, 1.807) is 18.5 Å². The van der Waals surface area contributed by atoms with Gasteiger partial charge in [0.1, 0.15) is 5.69 Å². The number of anilines is 2. The quantitative estimate of drug-likeness (QED) is 0.689. The van der Waals surface area contributed by atoms with E-state index in [9.17, 15) is 4.79 Å². The fourth-order valence-corrected chi connectivity index (χ4v) is 2.59. The Labute approximate surface area is 159 Å². The van der Waals surface area contributed by atoms with Crippen molar-refractivity contribution in [1.29, 1.82) is 0 Å². The Morgan fingerprint density at radius 2 is 1.89 bits per heavy atom. The van der Waals surface area contributed by atoms with Crippen LogP contribution in [0.4, 0.5) is 11.6 Å². The van der Waals surface area contributed by atoms with Gasteiger partial charge in [-0.25, -0.2) is 9.97 Å². The van der Waals surface area contributed by atoms with Gasteiger partial charge in [-0.1, -0.05) is 32.0 Å². The van der Waals surface area contributed by atoms with Crippen LogP contribution in [-0.4, -0.2) is 20.9 Å². The summed E-state index contributed by atoms with van der Waals surface area (Å²) in [5.41, 5.74) is 4.03. The molecule has 6 heteroatoms. The first-order valence-electron chi connectivity index (χ1n) is 8.91. The van der Waals surface area contributed by atoms with Crippen LogP contribution in [0.2, 0.25) is 0 Å². The maximum atomic E-state index is 12.6. The zero-order chi connectivity index (χ0) is 19.2. The molecule has 1 amide bonds. The summed E-state index contributed by atoms with van der Waals surface area (Å²) in [6.07, 6.45) is 3.50. The third kappa shape index (κ3) is 5.10. The summed E-state index contributed by atoms with van der Waals surface area (Å²) in [4.78, 5) is 25.3. The number of nitrogens with one attached hydrogen (secondary N) is 2. The lowest BCUT2D eigenvalue weighted by atomic mass is 10.0. The molecule has 27 heavy (non-hydrogen) atoms. The van der Waals surface area contributed by atoms with Crippen molar-refractivity contribution < 1.29 is 4.79 Å². The van der Waals surface area contributed by atoms with Crippen LogP contribution >= 0.6 is 0 Å². The molecular weight excluding hydrogens is 338 g/mol. The van der Waals surface area contributed by atoms with Gasteiger partial charge in [0.15, 0.2) is 0 Å². The fourth-order valence-electron chi connectivity index (χ4n) is 2.59. The van der Waals surface area contributed by atoms with Gasteiger partial charge in [-0.05, 0) is 48.2 Å². The van der Waals surface area contributed by atoms with Crippen molar-refractivity contribution in [3.8, 4) is 0 Å². The van der Waals surface area contributed by atoms with Gasteiger partial charge in [0.05, 0.1) is 0 Å². The predicted molar refractivity (Wildman–Crippen MR) is 107 cm³/mol. The lowest BCUT2D eigenvalue weighted by Gasteiger charge is -2.10. The molecule has 2 N–H and O–H groups in total. The zero-order valence-electron chi connectivity index (χ0n) is 15.7. The van der Waals surface area contributed by atoms with Gasteiger partial charge in [-0.15, -0.1) is 0 Å². The van der Waals surface area contributed by atoms with Crippen molar-refractivity contribution in [1.82, 2.24) is 15.0 Å². The standard InChI is InChI=1S/C21H23N5O/c1-14(2)17-6-8-18(9-7-17)25-20(27)19-11-15(3)24-21(26-19)23-13-16-5-4-10-22-12-16/h4-12,14H,13H2,1-3H3,(H,25,27)(H,23,24,26). The Hall–Kier alpha value is -3.28. The first kappa shape index (κ1) is 18.5. The van der Waals surface area contributed by atoms with E-state index in [0.717, 1.165) is 16.9 Å². The molecule has 0 atom stereocenters. The highest BCUT2D eigenvalue weighted by Crippen LogP contribution is 2.18. The molecule has 2 aromatic heterocycles. The van der Waals surface area contributed by atoms with Crippen LogP contribution in [0, 0.1) is 6.92 Å². The summed E-state index contributed by atoms with van der Waals surface area (Å²) in [6.45, 7) is 6.65. The van der Waals surface area contributed by atoms with Gasteiger partial charge in [0.25, 0.3) is 5.91 Å². The SMILES string of the molecule is Cc1cc(C(=O)Nc2ccc(C(C)C)cc2)nc(NCc2cccnc2)n1. The highest BCUT2D eigenvalue weighted by Gasteiger charge is 2.11. The van der Waals surface area contributed by atoms with E-state index in [-0.39, 0.29) is 5.91 Å². The van der Waals surface area contributed by atoms with Crippen molar-refractivity contribution in [3.05, 3.63) is 77.4 Å². The average Bonchev–Trinajstić information content (AvgIpc) is 2.67. The normalized spacial score (nSPS) is 10.7. The molecule has 1 aromatic carbocycles. The molecule has 2 heterocycles.